The van der Waals surface area contributed by atoms with Gasteiger partial charge >= 0.3 is 0 Å². The summed E-state index contributed by atoms with van der Waals surface area (Å²) in [5.41, 5.74) is 0. The first-order chi connectivity index (χ1) is 7.43. The lowest BCUT2D eigenvalue weighted by atomic mass is 10.0. The molecule has 0 saturated carbocycles. The van der Waals surface area contributed by atoms with E-state index in [-0.39, 0.29) is 0 Å². The fraction of sp³-hybridized carbons (Fsp3) is 0.800. The summed E-state index contributed by atoms with van der Waals surface area (Å²) in [5, 5.41) is 2.03. The zero-order valence-electron chi connectivity index (χ0n) is 12.5. The van der Waals surface area contributed by atoms with E-state index in [1.54, 1.807) is 13.8 Å². The average Bonchev–Trinajstić information content (AvgIpc) is 2.13. The molecular weight excluding hydrogens is 169 g/mol. The minimum Gasteiger partial charge on any atom is -0.346 e. The zero-order valence-corrected chi connectivity index (χ0v) is 8.47. The third kappa shape index (κ3) is 4.06. The summed E-state index contributed by atoms with van der Waals surface area (Å²) in [7, 11) is 0. The summed E-state index contributed by atoms with van der Waals surface area (Å²) in [6, 6.07) is -2.57. The molecule has 0 aromatic carbocycles. The number of carbonyl (C=O) groups excluding carboxylic acids is 2. The standard InChI is InChI=1S/C10H19NO2/c1-6(2)9(12)8(5)11-10(13)7(3)4/h6-8H,1-5H3,(H,11,13)/i5D3,8D,10+1,13+2. The van der Waals surface area contributed by atoms with Crippen LogP contribution < -0.4 is 5.32 Å². The number of amides is 1. The molecule has 0 aromatic heterocycles. The molecule has 0 radical (unpaired) electrons. The van der Waals surface area contributed by atoms with Gasteiger partial charge in [0.1, 0.15) is 0 Å². The molecule has 3 nitrogen and oxygen atoms in total. The van der Waals surface area contributed by atoms with Crippen LogP contribution in [-0.2, 0) is 9.59 Å². The maximum atomic E-state index is 11.8. The van der Waals surface area contributed by atoms with Gasteiger partial charge in [0.05, 0.1) is 7.39 Å². The Labute approximate surface area is 85.5 Å². The summed E-state index contributed by atoms with van der Waals surface area (Å²) in [4.78, 5) is 23.3. The molecule has 0 rings (SSSR count). The van der Waals surface area contributed by atoms with Crippen molar-refractivity contribution < 1.29 is 15.1 Å². The van der Waals surface area contributed by atoms with Crippen molar-refractivity contribution in [2.45, 2.75) is 40.6 Å². The lowest BCUT2D eigenvalue weighted by Gasteiger charge is -2.16. The number of rotatable bonds is 4. The van der Waals surface area contributed by atoms with Crippen molar-refractivity contribution in [3.05, 3.63) is 0 Å². The molecule has 0 heterocycles. The van der Waals surface area contributed by atoms with Gasteiger partial charge in [-0.3, -0.25) is 9.59 Å². The van der Waals surface area contributed by atoms with Gasteiger partial charge in [0, 0.05) is 15.9 Å². The first kappa shape index (κ1) is 6.57. The molecule has 1 amide bonds. The Balaban J connectivity index is 5.28. The summed E-state index contributed by atoms with van der Waals surface area (Å²) in [6.45, 7) is 3.24. The molecule has 1 atom stereocenters. The molecule has 0 fully saturated rings. The normalized spacial score (nSPS) is 21.1. The SMILES string of the molecule is [2H]C([2H])([2H])C([2H])(N[13C](=[18O])C(C)C)C(=O)C(C)C. The number of carbonyl (C=O) groups is 2. The Hall–Kier alpha value is -0.860. The van der Waals surface area contributed by atoms with Gasteiger partial charge in [-0.05, 0) is 6.85 Å². The highest BCUT2D eigenvalue weighted by atomic mass is 18.1. The lowest BCUT2D eigenvalue weighted by molar-refractivity contribution is -0.130. The Bertz CT molecular complexity index is 312. The maximum Gasteiger partial charge on any atom is 0.223 e. The number of nitrogens with one attached hydrogen (secondary N) is 1. The topological polar surface area (TPSA) is 46.2 Å². The van der Waals surface area contributed by atoms with E-state index >= 15 is 0 Å². The molecule has 1 N–H and O–H groups in total. The molecule has 3 heteroatoms. The van der Waals surface area contributed by atoms with Crippen molar-refractivity contribution in [2.75, 3.05) is 0 Å². The van der Waals surface area contributed by atoms with Crippen molar-refractivity contribution in [1.82, 2.24) is 5.32 Å². The van der Waals surface area contributed by atoms with E-state index in [1.165, 1.54) is 13.8 Å². The van der Waals surface area contributed by atoms with Gasteiger partial charge < -0.3 is 5.32 Å². The Morgan fingerprint density at radius 3 is 2.23 bits per heavy atom. The predicted molar refractivity (Wildman–Crippen MR) is 52.3 cm³/mol. The third-order valence-electron chi connectivity index (χ3n) is 1.54. The first-order valence-electron chi connectivity index (χ1n) is 6.29. The molecule has 1 unspecified atom stereocenters. The molecule has 0 aliphatic carbocycles. The number of ketones is 1. The van der Waals surface area contributed by atoms with Crippen molar-refractivity contribution in [3.8, 4) is 0 Å². The molecule has 13 heavy (non-hydrogen) atoms. The van der Waals surface area contributed by atoms with Gasteiger partial charge in [0.25, 0.3) is 0 Å². The summed E-state index contributed by atoms with van der Waals surface area (Å²) >= 11 is 0. The van der Waals surface area contributed by atoms with E-state index in [4.69, 9.17) is 5.48 Å². The van der Waals surface area contributed by atoms with Crippen molar-refractivity contribution in [2.24, 2.45) is 11.8 Å². The molecule has 0 bridgehead atoms. The minimum absolute atomic E-state index is 0.484. The van der Waals surface area contributed by atoms with Crippen LogP contribution in [0.1, 0.15) is 40.0 Å². The van der Waals surface area contributed by atoms with Crippen LogP contribution in [0.2, 0.25) is 0 Å². The van der Waals surface area contributed by atoms with E-state index in [2.05, 4.69) is 0 Å². The number of Topliss-reactive ketones (excluding diaryl/α,β-unsaturated/α-hetero) is 1. The van der Waals surface area contributed by atoms with Crippen LogP contribution in [-0.4, -0.2) is 17.7 Å². The van der Waals surface area contributed by atoms with E-state index < -0.39 is 36.4 Å². The Morgan fingerprint density at radius 1 is 1.38 bits per heavy atom. The number of hydrogen-bond donors (Lipinski definition) is 1. The monoisotopic (exact) mass is 192 g/mol. The van der Waals surface area contributed by atoms with Gasteiger partial charge in [0.2, 0.25) is 5.91 Å². The molecule has 0 aliphatic heterocycles. The maximum absolute atomic E-state index is 11.8. The van der Waals surface area contributed by atoms with Crippen molar-refractivity contribution >= 4 is 11.7 Å². The Morgan fingerprint density at radius 2 is 1.92 bits per heavy atom. The van der Waals surface area contributed by atoms with Crippen LogP contribution >= 0.6 is 0 Å². The second kappa shape index (κ2) is 5.00. The Kier molecular flexibility index (Phi) is 2.53. The first-order valence-corrected chi connectivity index (χ1v) is 4.29. The average molecular weight is 192 g/mol. The summed E-state index contributed by atoms with van der Waals surface area (Å²) in [6.07, 6.45) is 0. The van der Waals surface area contributed by atoms with E-state index in [0.717, 1.165) is 0 Å². The van der Waals surface area contributed by atoms with Crippen LogP contribution in [0, 0.1) is 11.8 Å². The highest BCUT2D eigenvalue weighted by Crippen LogP contribution is 2.00. The molecule has 0 aromatic rings. The quantitative estimate of drug-likeness (QED) is 0.540. The second-order valence-electron chi connectivity index (χ2n) is 3.54. The number of hydrogen-bond acceptors (Lipinski definition) is 2. The highest BCUT2D eigenvalue weighted by Gasteiger charge is 2.19. The van der Waals surface area contributed by atoms with E-state index in [0.29, 0.717) is 0 Å². The molecule has 0 spiro atoms. The van der Waals surface area contributed by atoms with Gasteiger partial charge in [-0.15, -0.1) is 0 Å². The second-order valence-corrected chi connectivity index (χ2v) is 3.54. The van der Waals surface area contributed by atoms with Gasteiger partial charge in [-0.1, -0.05) is 27.7 Å². The minimum atomic E-state index is -2.89. The molecular formula is C10H19NO2. The van der Waals surface area contributed by atoms with Crippen molar-refractivity contribution in [3.63, 3.8) is 0 Å². The predicted octanol–water partition coefficient (Wildman–Crippen LogP) is 1.37. The molecule has 0 saturated heterocycles. The molecule has 0 aliphatic rings. The van der Waals surface area contributed by atoms with Crippen LogP contribution in [0.5, 0.6) is 0 Å². The zero-order chi connectivity index (χ0) is 14.0. The lowest BCUT2D eigenvalue weighted by Crippen LogP contribution is -2.42. The molecule has 76 valence electrons. The van der Waals surface area contributed by atoms with Crippen molar-refractivity contribution in [1.29, 1.82) is 0 Å². The van der Waals surface area contributed by atoms with Crippen LogP contribution in [0.4, 0.5) is 0 Å². The van der Waals surface area contributed by atoms with Crippen LogP contribution in [0.15, 0.2) is 0 Å². The summed E-state index contributed by atoms with van der Waals surface area (Å²) < 4.78 is 29.6. The summed E-state index contributed by atoms with van der Waals surface area (Å²) in [5.74, 6) is -2.56. The smallest absolute Gasteiger partial charge is 0.223 e. The largest absolute Gasteiger partial charge is 0.346 e. The third-order valence-corrected chi connectivity index (χ3v) is 1.54. The van der Waals surface area contributed by atoms with Gasteiger partial charge in [-0.25, -0.2) is 0 Å². The highest BCUT2D eigenvalue weighted by molar-refractivity contribution is 5.90. The van der Waals surface area contributed by atoms with E-state index in [1.807, 2.05) is 5.32 Å². The van der Waals surface area contributed by atoms with Crippen LogP contribution in [0.25, 0.3) is 0 Å². The van der Waals surface area contributed by atoms with Gasteiger partial charge in [0.15, 0.2) is 5.78 Å². The fourth-order valence-electron chi connectivity index (χ4n) is 0.618. The van der Waals surface area contributed by atoms with Crippen LogP contribution in [0.3, 0.4) is 0 Å². The fourth-order valence-corrected chi connectivity index (χ4v) is 0.618. The van der Waals surface area contributed by atoms with E-state index in [9.17, 15) is 9.59 Å². The van der Waals surface area contributed by atoms with Gasteiger partial charge in [-0.2, -0.15) is 0 Å².